The van der Waals surface area contributed by atoms with Crippen LogP contribution in [0, 0.1) is 12.8 Å². The third kappa shape index (κ3) is 3.01. The van der Waals surface area contributed by atoms with E-state index in [2.05, 4.69) is 12.2 Å². The highest BCUT2D eigenvalue weighted by molar-refractivity contribution is 6.31. The number of halogens is 1. The lowest BCUT2D eigenvalue weighted by Crippen LogP contribution is -2.19. The van der Waals surface area contributed by atoms with E-state index in [0.717, 1.165) is 29.1 Å². The molecule has 1 aliphatic rings. The molecule has 0 aliphatic heterocycles. The van der Waals surface area contributed by atoms with Gasteiger partial charge in [-0.2, -0.15) is 0 Å². The van der Waals surface area contributed by atoms with Gasteiger partial charge in [0.1, 0.15) is 0 Å². The highest BCUT2D eigenvalue weighted by Crippen LogP contribution is 2.34. The number of ketones is 1. The SMILES string of the molecule is Cc1ccc(Nc2nn(-c3ccccc3)c3c2C(=O)C[C@@H](C)C3)cc1Cl. The number of aromatic nitrogens is 2. The van der Waals surface area contributed by atoms with Crippen LogP contribution in [0.5, 0.6) is 0 Å². The lowest BCUT2D eigenvalue weighted by Gasteiger charge is -2.19. The number of para-hydroxylation sites is 1. The van der Waals surface area contributed by atoms with Crippen molar-refractivity contribution in [1.29, 1.82) is 0 Å². The minimum absolute atomic E-state index is 0.140. The Balaban J connectivity index is 1.82. The van der Waals surface area contributed by atoms with Crippen LogP contribution in [0.3, 0.4) is 0 Å². The smallest absolute Gasteiger partial charge is 0.168 e. The van der Waals surface area contributed by atoms with Crippen molar-refractivity contribution in [2.45, 2.75) is 26.7 Å². The summed E-state index contributed by atoms with van der Waals surface area (Å²) in [6.45, 7) is 4.07. The summed E-state index contributed by atoms with van der Waals surface area (Å²) in [5, 5.41) is 8.72. The summed E-state index contributed by atoms with van der Waals surface area (Å²) in [7, 11) is 0. The molecule has 0 unspecified atom stereocenters. The van der Waals surface area contributed by atoms with E-state index >= 15 is 0 Å². The highest BCUT2D eigenvalue weighted by atomic mass is 35.5. The maximum atomic E-state index is 12.8. The fraction of sp³-hybridized carbons (Fsp3) is 0.238. The van der Waals surface area contributed by atoms with Gasteiger partial charge in [0.15, 0.2) is 11.6 Å². The molecule has 0 bridgehead atoms. The number of benzene rings is 2. The van der Waals surface area contributed by atoms with Crippen LogP contribution in [0.15, 0.2) is 48.5 Å². The summed E-state index contributed by atoms with van der Waals surface area (Å²) in [5.41, 5.74) is 4.47. The molecule has 0 radical (unpaired) electrons. The fourth-order valence-electron chi connectivity index (χ4n) is 3.43. The largest absolute Gasteiger partial charge is 0.338 e. The second kappa shape index (κ2) is 6.61. The zero-order chi connectivity index (χ0) is 18.3. The van der Waals surface area contributed by atoms with Gasteiger partial charge in [0.25, 0.3) is 0 Å². The number of carbonyl (C=O) groups is 1. The van der Waals surface area contributed by atoms with E-state index in [1.807, 2.05) is 60.1 Å². The first kappa shape index (κ1) is 16.9. The molecule has 0 saturated carbocycles. The first-order valence-electron chi connectivity index (χ1n) is 8.76. The minimum atomic E-state index is 0.140. The standard InChI is InChI=1S/C21H20ClN3O/c1-13-10-18-20(19(26)11-13)21(23-15-9-8-14(2)17(22)12-15)24-25(18)16-6-4-3-5-7-16/h3-9,12-13H,10-11H2,1-2H3,(H,23,24)/t13-/m0/s1. The number of rotatable bonds is 3. The number of anilines is 2. The minimum Gasteiger partial charge on any atom is -0.338 e. The third-order valence-electron chi connectivity index (χ3n) is 4.77. The molecule has 1 heterocycles. The topological polar surface area (TPSA) is 46.9 Å². The summed E-state index contributed by atoms with van der Waals surface area (Å²) in [5.74, 6) is 1.05. The maximum absolute atomic E-state index is 12.8. The summed E-state index contributed by atoms with van der Waals surface area (Å²) >= 11 is 6.24. The van der Waals surface area contributed by atoms with Gasteiger partial charge in [0.2, 0.25) is 0 Å². The Labute approximate surface area is 157 Å². The van der Waals surface area contributed by atoms with Gasteiger partial charge in [0, 0.05) is 17.1 Å². The molecule has 5 heteroatoms. The van der Waals surface area contributed by atoms with Crippen molar-refractivity contribution in [3.8, 4) is 5.69 Å². The Kier molecular flexibility index (Phi) is 4.29. The van der Waals surface area contributed by atoms with Crippen molar-refractivity contribution in [1.82, 2.24) is 9.78 Å². The van der Waals surface area contributed by atoms with Crippen molar-refractivity contribution >= 4 is 28.9 Å². The highest BCUT2D eigenvalue weighted by Gasteiger charge is 2.31. The van der Waals surface area contributed by atoms with Crippen LogP contribution < -0.4 is 5.32 Å². The molecule has 0 spiro atoms. The number of Topliss-reactive ketones (excluding diaryl/α,β-unsaturated/α-hetero) is 1. The molecular weight excluding hydrogens is 346 g/mol. The second-order valence-corrected chi connectivity index (χ2v) is 7.35. The predicted octanol–water partition coefficient (Wildman–Crippen LogP) is 5.34. The predicted molar refractivity (Wildman–Crippen MR) is 105 cm³/mol. The summed E-state index contributed by atoms with van der Waals surface area (Å²) < 4.78 is 1.89. The van der Waals surface area contributed by atoms with Crippen LogP contribution in [0.1, 0.15) is 35.0 Å². The average molecular weight is 366 g/mol. The zero-order valence-corrected chi connectivity index (χ0v) is 15.5. The number of fused-ring (bicyclic) bond motifs is 1. The molecule has 26 heavy (non-hydrogen) atoms. The number of hydrogen-bond acceptors (Lipinski definition) is 3. The van der Waals surface area contributed by atoms with E-state index in [4.69, 9.17) is 16.7 Å². The van der Waals surface area contributed by atoms with E-state index in [0.29, 0.717) is 28.7 Å². The summed E-state index contributed by atoms with van der Waals surface area (Å²) in [4.78, 5) is 12.8. The normalized spacial score (nSPS) is 16.4. The molecule has 1 aliphatic carbocycles. The zero-order valence-electron chi connectivity index (χ0n) is 14.8. The van der Waals surface area contributed by atoms with Gasteiger partial charge >= 0.3 is 0 Å². The molecule has 0 amide bonds. The lowest BCUT2D eigenvalue weighted by molar-refractivity contribution is 0.0953. The van der Waals surface area contributed by atoms with E-state index in [1.165, 1.54) is 0 Å². The number of aryl methyl sites for hydroxylation is 1. The van der Waals surface area contributed by atoms with Crippen LogP contribution in [-0.4, -0.2) is 15.6 Å². The van der Waals surface area contributed by atoms with Crippen molar-refractivity contribution < 1.29 is 4.79 Å². The van der Waals surface area contributed by atoms with Crippen molar-refractivity contribution in [3.63, 3.8) is 0 Å². The van der Waals surface area contributed by atoms with Gasteiger partial charge in [-0.05, 0) is 49.1 Å². The van der Waals surface area contributed by atoms with Crippen molar-refractivity contribution in [2.24, 2.45) is 5.92 Å². The van der Waals surface area contributed by atoms with E-state index in [9.17, 15) is 4.79 Å². The molecule has 0 saturated heterocycles. The second-order valence-electron chi connectivity index (χ2n) is 6.94. The number of hydrogen-bond donors (Lipinski definition) is 1. The first-order chi connectivity index (χ1) is 12.5. The Morgan fingerprint density at radius 1 is 1.15 bits per heavy atom. The molecule has 132 valence electrons. The summed E-state index contributed by atoms with van der Waals surface area (Å²) in [6.07, 6.45) is 1.39. The van der Waals surface area contributed by atoms with E-state index in [1.54, 1.807) is 0 Å². The fourth-order valence-corrected chi connectivity index (χ4v) is 3.61. The van der Waals surface area contributed by atoms with Gasteiger partial charge in [-0.1, -0.05) is 42.8 Å². The molecule has 1 atom stereocenters. The Hall–Kier alpha value is -2.59. The molecule has 0 fully saturated rings. The Morgan fingerprint density at radius 2 is 1.92 bits per heavy atom. The first-order valence-corrected chi connectivity index (χ1v) is 9.14. The molecule has 4 rings (SSSR count). The van der Waals surface area contributed by atoms with Crippen LogP contribution >= 0.6 is 11.6 Å². The van der Waals surface area contributed by atoms with Gasteiger partial charge < -0.3 is 5.32 Å². The molecule has 1 aromatic heterocycles. The Bertz CT molecular complexity index is 978. The monoisotopic (exact) mass is 365 g/mol. The van der Waals surface area contributed by atoms with Gasteiger partial charge in [0.05, 0.1) is 16.9 Å². The molecule has 1 N–H and O–H groups in total. The molecule has 3 aromatic rings. The molecular formula is C21H20ClN3O. The molecule has 2 aromatic carbocycles. The van der Waals surface area contributed by atoms with Gasteiger partial charge in [-0.15, -0.1) is 5.10 Å². The lowest BCUT2D eigenvalue weighted by atomic mass is 9.87. The number of nitrogens with one attached hydrogen (secondary N) is 1. The number of nitrogens with zero attached hydrogens (tertiary/aromatic N) is 2. The van der Waals surface area contributed by atoms with Crippen molar-refractivity contribution in [2.75, 3.05) is 5.32 Å². The average Bonchev–Trinajstić information content (AvgIpc) is 2.97. The van der Waals surface area contributed by atoms with Crippen LogP contribution in [0.4, 0.5) is 11.5 Å². The maximum Gasteiger partial charge on any atom is 0.168 e. The van der Waals surface area contributed by atoms with Gasteiger partial charge in [-0.25, -0.2) is 4.68 Å². The number of carbonyl (C=O) groups excluding carboxylic acids is 1. The quantitative estimate of drug-likeness (QED) is 0.681. The summed E-state index contributed by atoms with van der Waals surface area (Å²) in [6, 6.07) is 15.7. The van der Waals surface area contributed by atoms with E-state index < -0.39 is 0 Å². The third-order valence-corrected chi connectivity index (χ3v) is 5.18. The Morgan fingerprint density at radius 3 is 2.65 bits per heavy atom. The van der Waals surface area contributed by atoms with Crippen LogP contribution in [-0.2, 0) is 6.42 Å². The molecule has 4 nitrogen and oxygen atoms in total. The van der Waals surface area contributed by atoms with Crippen LogP contribution in [0.25, 0.3) is 5.69 Å². The van der Waals surface area contributed by atoms with Gasteiger partial charge in [-0.3, -0.25) is 4.79 Å². The van der Waals surface area contributed by atoms with Crippen molar-refractivity contribution in [3.05, 3.63) is 70.4 Å². The van der Waals surface area contributed by atoms with Crippen LogP contribution in [0.2, 0.25) is 5.02 Å². The van der Waals surface area contributed by atoms with E-state index in [-0.39, 0.29) is 5.78 Å².